The standard InChI is InChI=1S/C15H22N2O2/c18-15(13-7-11-19-12-8-13)17-10-4-2-6-14-5-1-3-9-16-14/h1,3,5,9,13H,2,4,6-8,10-12H2,(H,17,18). The van der Waals surface area contributed by atoms with Crippen molar-refractivity contribution in [2.75, 3.05) is 19.8 Å². The molecule has 4 heteroatoms. The molecule has 104 valence electrons. The molecule has 0 saturated carbocycles. The summed E-state index contributed by atoms with van der Waals surface area (Å²) < 4.78 is 5.25. The van der Waals surface area contributed by atoms with Gasteiger partial charge in [-0.15, -0.1) is 0 Å². The molecule has 1 aromatic heterocycles. The molecule has 0 atom stereocenters. The number of hydrogen-bond donors (Lipinski definition) is 1. The Morgan fingerprint density at radius 3 is 2.89 bits per heavy atom. The maximum atomic E-state index is 11.9. The van der Waals surface area contributed by atoms with Crippen LogP contribution in [-0.4, -0.2) is 30.6 Å². The van der Waals surface area contributed by atoms with Gasteiger partial charge in [-0.25, -0.2) is 0 Å². The van der Waals surface area contributed by atoms with Gasteiger partial charge in [0.05, 0.1) is 0 Å². The number of carbonyl (C=O) groups is 1. The van der Waals surface area contributed by atoms with Crippen LogP contribution in [0.15, 0.2) is 24.4 Å². The molecule has 0 bridgehead atoms. The number of aryl methyl sites for hydroxylation is 1. The summed E-state index contributed by atoms with van der Waals surface area (Å²) in [6.45, 7) is 2.21. The fourth-order valence-electron chi connectivity index (χ4n) is 2.29. The molecule has 1 aromatic rings. The van der Waals surface area contributed by atoms with Crippen molar-refractivity contribution in [2.24, 2.45) is 5.92 Å². The molecular formula is C15H22N2O2. The van der Waals surface area contributed by atoms with Crippen LogP contribution in [0.4, 0.5) is 0 Å². The molecule has 1 saturated heterocycles. The topological polar surface area (TPSA) is 51.2 Å². The van der Waals surface area contributed by atoms with Gasteiger partial charge in [-0.05, 0) is 44.2 Å². The largest absolute Gasteiger partial charge is 0.381 e. The van der Waals surface area contributed by atoms with Crippen molar-refractivity contribution >= 4 is 5.91 Å². The van der Waals surface area contributed by atoms with E-state index < -0.39 is 0 Å². The van der Waals surface area contributed by atoms with Crippen LogP contribution in [0, 0.1) is 5.92 Å². The Kier molecular flexibility index (Phi) is 5.82. The molecule has 1 aliphatic rings. The molecule has 19 heavy (non-hydrogen) atoms. The number of unbranched alkanes of at least 4 members (excludes halogenated alkanes) is 1. The second-order valence-corrected chi connectivity index (χ2v) is 4.96. The number of hydrogen-bond acceptors (Lipinski definition) is 3. The molecule has 1 aliphatic heterocycles. The molecule has 1 N–H and O–H groups in total. The van der Waals surface area contributed by atoms with Crippen LogP contribution in [-0.2, 0) is 16.0 Å². The van der Waals surface area contributed by atoms with Crippen LogP contribution in [0.5, 0.6) is 0 Å². The maximum absolute atomic E-state index is 11.9. The lowest BCUT2D eigenvalue weighted by molar-refractivity contribution is -0.127. The van der Waals surface area contributed by atoms with E-state index in [1.807, 2.05) is 24.4 Å². The van der Waals surface area contributed by atoms with Gasteiger partial charge in [0.25, 0.3) is 0 Å². The molecule has 2 heterocycles. The van der Waals surface area contributed by atoms with Crippen molar-refractivity contribution in [1.82, 2.24) is 10.3 Å². The lowest BCUT2D eigenvalue weighted by Crippen LogP contribution is -2.34. The minimum absolute atomic E-state index is 0.157. The van der Waals surface area contributed by atoms with Crippen LogP contribution < -0.4 is 5.32 Å². The highest BCUT2D eigenvalue weighted by molar-refractivity contribution is 5.78. The van der Waals surface area contributed by atoms with Crippen LogP contribution >= 0.6 is 0 Å². The predicted molar refractivity (Wildman–Crippen MR) is 73.7 cm³/mol. The summed E-state index contributed by atoms with van der Waals surface area (Å²) in [5.41, 5.74) is 1.12. The van der Waals surface area contributed by atoms with Crippen LogP contribution in [0.1, 0.15) is 31.4 Å². The number of nitrogens with one attached hydrogen (secondary N) is 1. The molecular weight excluding hydrogens is 240 g/mol. The highest BCUT2D eigenvalue weighted by Gasteiger charge is 2.20. The van der Waals surface area contributed by atoms with E-state index in [1.165, 1.54) is 0 Å². The Balaban J connectivity index is 1.55. The molecule has 1 amide bonds. The van der Waals surface area contributed by atoms with Crippen molar-refractivity contribution in [3.63, 3.8) is 0 Å². The van der Waals surface area contributed by atoms with E-state index in [4.69, 9.17) is 4.74 Å². The smallest absolute Gasteiger partial charge is 0.223 e. The highest BCUT2D eigenvalue weighted by Crippen LogP contribution is 2.14. The van der Waals surface area contributed by atoms with Gasteiger partial charge in [0.2, 0.25) is 5.91 Å². The second kappa shape index (κ2) is 7.89. The SMILES string of the molecule is O=C(NCCCCc1ccccn1)C1CCOCC1. The molecule has 0 aromatic carbocycles. The zero-order chi connectivity index (χ0) is 13.3. The second-order valence-electron chi connectivity index (χ2n) is 4.96. The average molecular weight is 262 g/mol. The molecule has 0 spiro atoms. The van der Waals surface area contributed by atoms with Gasteiger partial charge in [0, 0.05) is 37.6 Å². The summed E-state index contributed by atoms with van der Waals surface area (Å²) in [4.78, 5) is 16.1. The first-order valence-electron chi connectivity index (χ1n) is 7.11. The van der Waals surface area contributed by atoms with Crippen molar-refractivity contribution < 1.29 is 9.53 Å². The van der Waals surface area contributed by atoms with Crippen molar-refractivity contribution in [3.8, 4) is 0 Å². The van der Waals surface area contributed by atoms with Crippen LogP contribution in [0.25, 0.3) is 0 Å². The quantitative estimate of drug-likeness (QED) is 0.797. The number of carbonyl (C=O) groups excluding carboxylic acids is 1. The Hall–Kier alpha value is -1.42. The first-order valence-corrected chi connectivity index (χ1v) is 7.11. The van der Waals surface area contributed by atoms with E-state index in [1.54, 1.807) is 0 Å². The van der Waals surface area contributed by atoms with Crippen molar-refractivity contribution in [1.29, 1.82) is 0 Å². The fraction of sp³-hybridized carbons (Fsp3) is 0.600. The summed E-state index contributed by atoms with van der Waals surface area (Å²) in [5.74, 6) is 0.352. The first-order chi connectivity index (χ1) is 9.36. The Labute approximate surface area is 114 Å². The van der Waals surface area contributed by atoms with E-state index in [-0.39, 0.29) is 11.8 Å². The normalized spacial score (nSPS) is 16.2. The maximum Gasteiger partial charge on any atom is 0.223 e. The Morgan fingerprint density at radius 1 is 1.32 bits per heavy atom. The van der Waals surface area contributed by atoms with E-state index in [0.29, 0.717) is 0 Å². The van der Waals surface area contributed by atoms with Gasteiger partial charge in [-0.2, -0.15) is 0 Å². The minimum Gasteiger partial charge on any atom is -0.381 e. The van der Waals surface area contributed by atoms with Crippen LogP contribution in [0.3, 0.4) is 0 Å². The summed E-state index contributed by atoms with van der Waals surface area (Å²) in [6, 6.07) is 5.98. The van der Waals surface area contributed by atoms with Gasteiger partial charge in [-0.3, -0.25) is 9.78 Å². The molecule has 0 aliphatic carbocycles. The number of nitrogens with zero attached hydrogens (tertiary/aromatic N) is 1. The fourth-order valence-corrected chi connectivity index (χ4v) is 2.29. The van der Waals surface area contributed by atoms with Gasteiger partial charge in [0.1, 0.15) is 0 Å². The minimum atomic E-state index is 0.157. The number of ether oxygens (including phenoxy) is 1. The highest BCUT2D eigenvalue weighted by atomic mass is 16.5. The third-order valence-corrected chi connectivity index (χ3v) is 3.48. The van der Waals surface area contributed by atoms with E-state index in [2.05, 4.69) is 10.3 Å². The average Bonchev–Trinajstić information content (AvgIpc) is 2.49. The van der Waals surface area contributed by atoms with Gasteiger partial charge in [-0.1, -0.05) is 6.07 Å². The summed E-state index contributed by atoms with van der Waals surface area (Å²) in [7, 11) is 0. The molecule has 1 fully saturated rings. The summed E-state index contributed by atoms with van der Waals surface area (Å²) in [6.07, 6.45) is 6.59. The Morgan fingerprint density at radius 2 is 2.16 bits per heavy atom. The Bertz CT molecular complexity index is 375. The number of pyridine rings is 1. The summed E-state index contributed by atoms with van der Waals surface area (Å²) in [5, 5.41) is 3.02. The zero-order valence-electron chi connectivity index (χ0n) is 11.3. The molecule has 4 nitrogen and oxygen atoms in total. The van der Waals surface area contributed by atoms with Gasteiger partial charge >= 0.3 is 0 Å². The van der Waals surface area contributed by atoms with E-state index >= 15 is 0 Å². The lowest BCUT2D eigenvalue weighted by Gasteiger charge is -2.21. The molecule has 2 rings (SSSR count). The third kappa shape index (κ3) is 4.99. The van der Waals surface area contributed by atoms with Crippen LogP contribution in [0.2, 0.25) is 0 Å². The van der Waals surface area contributed by atoms with Gasteiger partial charge < -0.3 is 10.1 Å². The third-order valence-electron chi connectivity index (χ3n) is 3.48. The molecule has 0 radical (unpaired) electrons. The monoisotopic (exact) mass is 262 g/mol. The van der Waals surface area contributed by atoms with Gasteiger partial charge in [0.15, 0.2) is 0 Å². The van der Waals surface area contributed by atoms with E-state index in [0.717, 1.165) is 57.6 Å². The predicted octanol–water partition coefficient (Wildman–Crippen LogP) is 1.95. The van der Waals surface area contributed by atoms with Crippen molar-refractivity contribution in [2.45, 2.75) is 32.1 Å². The number of rotatable bonds is 6. The van der Waals surface area contributed by atoms with Crippen molar-refractivity contribution in [3.05, 3.63) is 30.1 Å². The summed E-state index contributed by atoms with van der Waals surface area (Å²) >= 11 is 0. The number of aromatic nitrogens is 1. The van der Waals surface area contributed by atoms with E-state index in [9.17, 15) is 4.79 Å². The number of amides is 1. The lowest BCUT2D eigenvalue weighted by atomic mass is 9.99. The molecule has 0 unspecified atom stereocenters. The first kappa shape index (κ1) is 14.0. The zero-order valence-corrected chi connectivity index (χ0v) is 11.3.